The minimum Gasteiger partial charge on any atom is -0.323 e. The summed E-state index contributed by atoms with van der Waals surface area (Å²) in [5.74, 6) is 0. The van der Waals surface area contributed by atoms with E-state index in [2.05, 4.69) is 31.8 Å². The van der Waals surface area contributed by atoms with Crippen molar-refractivity contribution in [2.75, 3.05) is 0 Å². The van der Waals surface area contributed by atoms with Gasteiger partial charge in [-0.1, -0.05) is 20.8 Å². The molecule has 0 aliphatic carbocycles. The van der Waals surface area contributed by atoms with E-state index >= 15 is 0 Å². The van der Waals surface area contributed by atoms with Gasteiger partial charge in [-0.25, -0.2) is 0 Å². The van der Waals surface area contributed by atoms with Gasteiger partial charge in [-0.15, -0.1) is 11.8 Å². The zero-order chi connectivity index (χ0) is 10.8. The fourth-order valence-corrected chi connectivity index (χ4v) is 2.02. The van der Waals surface area contributed by atoms with Crippen molar-refractivity contribution in [2.24, 2.45) is 5.73 Å². The molecule has 0 aliphatic heterocycles. The molecule has 1 atom stereocenters. The number of thioether (sulfide) groups is 1. The van der Waals surface area contributed by atoms with Crippen LogP contribution < -0.4 is 5.73 Å². The topological polar surface area (TPSA) is 38.9 Å². The third kappa shape index (κ3) is 3.68. The number of hydrogen-bond donors (Lipinski definition) is 1. The largest absolute Gasteiger partial charge is 0.323 e. The van der Waals surface area contributed by atoms with Crippen molar-refractivity contribution >= 4 is 11.8 Å². The number of aromatic nitrogens is 1. The predicted octanol–water partition coefficient (Wildman–Crippen LogP) is 2.99. The maximum absolute atomic E-state index is 5.72. The molecule has 0 amide bonds. The van der Waals surface area contributed by atoms with E-state index in [1.165, 1.54) is 4.90 Å². The Kier molecular flexibility index (Phi) is 3.56. The second-order valence-electron chi connectivity index (χ2n) is 4.42. The Balaban J connectivity index is 2.74. The highest BCUT2D eigenvalue weighted by Crippen LogP contribution is 2.31. The standard InChI is InChI=1S/C11H18N2S/c1-8(12)10-6-5-9(7-13-10)14-11(2,3)4/h5-8H,12H2,1-4H3/t8-/m0/s1. The van der Waals surface area contributed by atoms with Crippen LogP contribution in [0.5, 0.6) is 0 Å². The van der Waals surface area contributed by atoms with Crippen LogP contribution in [-0.2, 0) is 0 Å². The molecule has 0 fully saturated rings. The van der Waals surface area contributed by atoms with Crippen molar-refractivity contribution in [3.63, 3.8) is 0 Å². The highest BCUT2D eigenvalue weighted by atomic mass is 32.2. The average molecular weight is 210 g/mol. The fourth-order valence-electron chi connectivity index (χ4n) is 1.08. The van der Waals surface area contributed by atoms with E-state index in [4.69, 9.17) is 5.73 Å². The molecule has 0 spiro atoms. The number of nitrogens with two attached hydrogens (primary N) is 1. The summed E-state index contributed by atoms with van der Waals surface area (Å²) in [5, 5.41) is 0. The van der Waals surface area contributed by atoms with Crippen LogP contribution in [0.15, 0.2) is 23.2 Å². The lowest BCUT2D eigenvalue weighted by atomic mass is 10.2. The number of rotatable bonds is 2. The Labute approximate surface area is 90.3 Å². The summed E-state index contributed by atoms with van der Waals surface area (Å²) in [4.78, 5) is 5.51. The molecule has 78 valence electrons. The summed E-state index contributed by atoms with van der Waals surface area (Å²) in [6.45, 7) is 8.52. The Hall–Kier alpha value is -0.540. The number of hydrogen-bond acceptors (Lipinski definition) is 3. The zero-order valence-corrected chi connectivity index (χ0v) is 10.1. The second kappa shape index (κ2) is 4.32. The molecule has 0 saturated carbocycles. The monoisotopic (exact) mass is 210 g/mol. The smallest absolute Gasteiger partial charge is 0.0569 e. The first kappa shape index (κ1) is 11.5. The molecule has 2 nitrogen and oxygen atoms in total. The third-order valence-electron chi connectivity index (χ3n) is 1.65. The fraction of sp³-hybridized carbons (Fsp3) is 0.545. The lowest BCUT2D eigenvalue weighted by Gasteiger charge is -2.17. The van der Waals surface area contributed by atoms with E-state index in [0.717, 1.165) is 5.69 Å². The SMILES string of the molecule is C[C@H](N)c1ccc(SC(C)(C)C)cn1. The van der Waals surface area contributed by atoms with E-state index in [9.17, 15) is 0 Å². The molecule has 0 radical (unpaired) electrons. The number of nitrogens with zero attached hydrogens (tertiary/aromatic N) is 1. The minimum atomic E-state index is 0.0173. The van der Waals surface area contributed by atoms with Crippen molar-refractivity contribution in [2.45, 2.75) is 43.4 Å². The van der Waals surface area contributed by atoms with Crippen molar-refractivity contribution < 1.29 is 0 Å². The Bertz CT molecular complexity index is 285. The lowest BCUT2D eigenvalue weighted by molar-refractivity contribution is 0.775. The van der Waals surface area contributed by atoms with Gasteiger partial charge in [0.05, 0.1) is 5.69 Å². The molecule has 0 unspecified atom stereocenters. The highest BCUT2D eigenvalue weighted by molar-refractivity contribution is 8.00. The van der Waals surface area contributed by atoms with E-state index in [0.29, 0.717) is 0 Å². The number of pyridine rings is 1. The van der Waals surface area contributed by atoms with Crippen molar-refractivity contribution in [3.05, 3.63) is 24.0 Å². The van der Waals surface area contributed by atoms with Gasteiger partial charge in [-0.05, 0) is 19.1 Å². The predicted molar refractivity (Wildman–Crippen MR) is 62.4 cm³/mol. The maximum Gasteiger partial charge on any atom is 0.0569 e. The quantitative estimate of drug-likeness (QED) is 0.763. The minimum absolute atomic E-state index is 0.0173. The first-order chi connectivity index (χ1) is 6.38. The molecule has 2 N–H and O–H groups in total. The molecular weight excluding hydrogens is 192 g/mol. The molecule has 1 heterocycles. The van der Waals surface area contributed by atoms with Crippen LogP contribution in [0.3, 0.4) is 0 Å². The molecule has 1 rings (SSSR count). The molecule has 0 bridgehead atoms. The summed E-state index contributed by atoms with van der Waals surface area (Å²) < 4.78 is 0.234. The van der Waals surface area contributed by atoms with Crippen LogP contribution in [0.25, 0.3) is 0 Å². The van der Waals surface area contributed by atoms with E-state index in [1.807, 2.05) is 30.9 Å². The van der Waals surface area contributed by atoms with Gasteiger partial charge < -0.3 is 5.73 Å². The first-order valence-corrected chi connectivity index (χ1v) is 5.61. The Morgan fingerprint density at radius 3 is 2.36 bits per heavy atom. The third-order valence-corrected chi connectivity index (χ3v) is 2.74. The van der Waals surface area contributed by atoms with Gasteiger partial charge >= 0.3 is 0 Å². The highest BCUT2D eigenvalue weighted by Gasteiger charge is 2.12. The Morgan fingerprint density at radius 1 is 1.36 bits per heavy atom. The van der Waals surface area contributed by atoms with Crippen LogP contribution in [0, 0.1) is 0 Å². The van der Waals surface area contributed by atoms with Crippen molar-refractivity contribution in [1.29, 1.82) is 0 Å². The molecule has 3 heteroatoms. The summed E-state index contributed by atoms with van der Waals surface area (Å²) in [7, 11) is 0. The van der Waals surface area contributed by atoms with E-state index < -0.39 is 0 Å². The zero-order valence-electron chi connectivity index (χ0n) is 9.24. The second-order valence-corrected chi connectivity index (χ2v) is 6.32. The van der Waals surface area contributed by atoms with Gasteiger partial charge in [-0.3, -0.25) is 4.98 Å². The van der Waals surface area contributed by atoms with Crippen LogP contribution in [0.1, 0.15) is 39.4 Å². The normalized spacial score (nSPS) is 14.1. The molecular formula is C11H18N2S. The molecule has 1 aromatic heterocycles. The molecule has 0 saturated heterocycles. The van der Waals surface area contributed by atoms with Gasteiger partial charge in [-0.2, -0.15) is 0 Å². The van der Waals surface area contributed by atoms with Gasteiger partial charge in [0.15, 0.2) is 0 Å². The molecule has 14 heavy (non-hydrogen) atoms. The van der Waals surface area contributed by atoms with Crippen LogP contribution in [0.2, 0.25) is 0 Å². The Morgan fingerprint density at radius 2 is 2.00 bits per heavy atom. The van der Waals surface area contributed by atoms with E-state index in [-0.39, 0.29) is 10.8 Å². The lowest BCUT2D eigenvalue weighted by Crippen LogP contribution is -2.08. The van der Waals surface area contributed by atoms with Gasteiger partial charge in [0, 0.05) is 21.9 Å². The van der Waals surface area contributed by atoms with Crippen molar-refractivity contribution in [1.82, 2.24) is 4.98 Å². The van der Waals surface area contributed by atoms with Gasteiger partial charge in [0.1, 0.15) is 0 Å². The van der Waals surface area contributed by atoms with Crippen LogP contribution in [0.4, 0.5) is 0 Å². The summed E-state index contributed by atoms with van der Waals surface area (Å²) in [6, 6.07) is 4.10. The van der Waals surface area contributed by atoms with Gasteiger partial charge in [0.2, 0.25) is 0 Å². The molecule has 1 aromatic rings. The summed E-state index contributed by atoms with van der Waals surface area (Å²) in [5.41, 5.74) is 6.67. The van der Waals surface area contributed by atoms with Crippen LogP contribution in [-0.4, -0.2) is 9.73 Å². The summed E-state index contributed by atoms with van der Waals surface area (Å²) >= 11 is 1.82. The van der Waals surface area contributed by atoms with Crippen LogP contribution >= 0.6 is 11.8 Å². The summed E-state index contributed by atoms with van der Waals surface area (Å²) in [6.07, 6.45) is 1.90. The van der Waals surface area contributed by atoms with E-state index in [1.54, 1.807) is 0 Å². The van der Waals surface area contributed by atoms with Gasteiger partial charge in [0.25, 0.3) is 0 Å². The maximum atomic E-state index is 5.72. The first-order valence-electron chi connectivity index (χ1n) is 4.79. The van der Waals surface area contributed by atoms with Crippen molar-refractivity contribution in [3.8, 4) is 0 Å². The molecule has 0 aromatic carbocycles. The average Bonchev–Trinajstić information content (AvgIpc) is 2.02. The molecule has 0 aliphatic rings.